The molecular formula is C22H31N3O2. The van der Waals surface area contributed by atoms with Crippen LogP contribution >= 0.6 is 0 Å². The van der Waals surface area contributed by atoms with Crippen LogP contribution in [-0.2, 0) is 13.6 Å². The molecule has 27 heavy (non-hydrogen) atoms. The molecule has 0 unspecified atom stereocenters. The third kappa shape index (κ3) is 7.29. The van der Waals surface area contributed by atoms with Crippen molar-refractivity contribution < 1.29 is 9.53 Å². The van der Waals surface area contributed by atoms with Crippen LogP contribution in [-0.4, -0.2) is 22.3 Å². The molecule has 0 saturated carbocycles. The molecule has 2 aromatic rings. The number of hydrogen-bond acceptors (Lipinski definition) is 3. The maximum absolute atomic E-state index is 12.3. The second-order valence-electron chi connectivity index (χ2n) is 6.73. The SMILES string of the molecule is CCCCC=CCCCOc1cccc(CNC(=O)c2cc(C)nn2C)c1. The second-order valence-corrected chi connectivity index (χ2v) is 6.73. The molecule has 2 rings (SSSR count). The fraction of sp³-hybridized carbons (Fsp3) is 0.455. The number of aryl methyl sites for hydroxylation is 2. The lowest BCUT2D eigenvalue weighted by Crippen LogP contribution is -2.25. The van der Waals surface area contributed by atoms with Crippen molar-refractivity contribution in [1.29, 1.82) is 0 Å². The summed E-state index contributed by atoms with van der Waals surface area (Å²) in [4.78, 5) is 12.3. The number of carbonyl (C=O) groups excluding carboxylic acids is 1. The number of nitrogens with zero attached hydrogens (tertiary/aromatic N) is 2. The smallest absolute Gasteiger partial charge is 0.269 e. The minimum Gasteiger partial charge on any atom is -0.494 e. The number of nitrogens with one attached hydrogen (secondary N) is 1. The Labute approximate surface area is 162 Å². The van der Waals surface area contributed by atoms with E-state index >= 15 is 0 Å². The summed E-state index contributed by atoms with van der Waals surface area (Å²) < 4.78 is 7.43. The van der Waals surface area contributed by atoms with Gasteiger partial charge in [-0.05, 0) is 49.9 Å². The molecule has 0 radical (unpaired) electrons. The Kier molecular flexibility index (Phi) is 8.62. The first-order valence-corrected chi connectivity index (χ1v) is 9.75. The van der Waals surface area contributed by atoms with Crippen molar-refractivity contribution in [3.05, 3.63) is 59.4 Å². The highest BCUT2D eigenvalue weighted by Gasteiger charge is 2.11. The van der Waals surface area contributed by atoms with E-state index in [1.165, 1.54) is 19.3 Å². The molecule has 1 N–H and O–H groups in total. The Morgan fingerprint density at radius 2 is 2.00 bits per heavy atom. The van der Waals surface area contributed by atoms with Crippen LogP contribution in [0, 0.1) is 6.92 Å². The van der Waals surface area contributed by atoms with Gasteiger partial charge in [-0.15, -0.1) is 0 Å². The number of rotatable bonds is 11. The van der Waals surface area contributed by atoms with Crippen molar-refractivity contribution in [2.24, 2.45) is 7.05 Å². The lowest BCUT2D eigenvalue weighted by molar-refractivity contribution is 0.0941. The molecule has 1 aromatic heterocycles. The third-order valence-electron chi connectivity index (χ3n) is 4.26. The number of amides is 1. The van der Waals surface area contributed by atoms with E-state index in [-0.39, 0.29) is 5.91 Å². The van der Waals surface area contributed by atoms with Gasteiger partial charge in [-0.25, -0.2) is 0 Å². The molecule has 1 amide bonds. The highest BCUT2D eigenvalue weighted by Crippen LogP contribution is 2.14. The fourth-order valence-electron chi connectivity index (χ4n) is 2.79. The van der Waals surface area contributed by atoms with Crippen LogP contribution in [0.4, 0.5) is 0 Å². The minimum absolute atomic E-state index is 0.126. The highest BCUT2D eigenvalue weighted by molar-refractivity contribution is 5.92. The zero-order valence-corrected chi connectivity index (χ0v) is 16.7. The van der Waals surface area contributed by atoms with Gasteiger partial charge in [-0.3, -0.25) is 9.48 Å². The first-order chi connectivity index (χ1) is 13.1. The predicted molar refractivity (Wildman–Crippen MR) is 109 cm³/mol. The summed E-state index contributed by atoms with van der Waals surface area (Å²) in [7, 11) is 1.77. The lowest BCUT2D eigenvalue weighted by Gasteiger charge is -2.09. The Hall–Kier alpha value is -2.56. The molecule has 0 aliphatic carbocycles. The molecule has 0 atom stereocenters. The van der Waals surface area contributed by atoms with Crippen molar-refractivity contribution >= 4 is 5.91 Å². The highest BCUT2D eigenvalue weighted by atomic mass is 16.5. The summed E-state index contributed by atoms with van der Waals surface area (Å²) in [5.41, 5.74) is 2.41. The third-order valence-corrected chi connectivity index (χ3v) is 4.26. The minimum atomic E-state index is -0.126. The van der Waals surface area contributed by atoms with Gasteiger partial charge >= 0.3 is 0 Å². The van der Waals surface area contributed by atoms with Gasteiger partial charge in [0, 0.05) is 13.6 Å². The molecule has 0 saturated heterocycles. The number of allylic oxidation sites excluding steroid dienone is 2. The molecule has 1 heterocycles. The topological polar surface area (TPSA) is 56.1 Å². The molecule has 0 aliphatic heterocycles. The summed E-state index contributed by atoms with van der Waals surface area (Å²) in [6.45, 7) is 5.24. The number of hydrogen-bond donors (Lipinski definition) is 1. The molecule has 146 valence electrons. The van der Waals surface area contributed by atoms with Gasteiger partial charge in [-0.1, -0.05) is 44.1 Å². The molecule has 0 bridgehead atoms. The molecule has 5 heteroatoms. The molecule has 0 aliphatic rings. The van der Waals surface area contributed by atoms with Gasteiger partial charge in [0.2, 0.25) is 0 Å². The van der Waals surface area contributed by atoms with Crippen LogP contribution in [0.3, 0.4) is 0 Å². The lowest BCUT2D eigenvalue weighted by atomic mass is 10.2. The van der Waals surface area contributed by atoms with Crippen LogP contribution in [0.2, 0.25) is 0 Å². The first kappa shape index (κ1) is 20.7. The van der Waals surface area contributed by atoms with E-state index in [1.807, 2.05) is 31.2 Å². The maximum Gasteiger partial charge on any atom is 0.269 e. The fourth-order valence-corrected chi connectivity index (χ4v) is 2.79. The van der Waals surface area contributed by atoms with E-state index in [0.29, 0.717) is 18.8 Å². The van der Waals surface area contributed by atoms with Gasteiger partial charge < -0.3 is 10.1 Å². The zero-order chi connectivity index (χ0) is 19.5. The Morgan fingerprint density at radius 3 is 2.70 bits per heavy atom. The Morgan fingerprint density at radius 1 is 1.22 bits per heavy atom. The summed E-state index contributed by atoms with van der Waals surface area (Å²) in [6.07, 6.45) is 10.2. The van der Waals surface area contributed by atoms with Crippen LogP contribution in [0.1, 0.15) is 60.8 Å². The van der Waals surface area contributed by atoms with Crippen molar-refractivity contribution in [3.63, 3.8) is 0 Å². The summed E-state index contributed by atoms with van der Waals surface area (Å²) >= 11 is 0. The van der Waals surface area contributed by atoms with Gasteiger partial charge in [0.25, 0.3) is 5.91 Å². The first-order valence-electron chi connectivity index (χ1n) is 9.75. The van der Waals surface area contributed by atoms with E-state index in [9.17, 15) is 4.79 Å². The van der Waals surface area contributed by atoms with Gasteiger partial charge in [0.15, 0.2) is 0 Å². The average Bonchev–Trinajstić information content (AvgIpc) is 3.00. The number of carbonyl (C=O) groups is 1. The second kappa shape index (κ2) is 11.2. The van der Waals surface area contributed by atoms with E-state index in [2.05, 4.69) is 29.5 Å². The average molecular weight is 370 g/mol. The normalized spacial score (nSPS) is 11.1. The van der Waals surface area contributed by atoms with E-state index < -0.39 is 0 Å². The standard InChI is InChI=1S/C22H31N3O2/c1-4-5-6-7-8-9-10-14-27-20-13-11-12-19(16-20)17-23-22(26)21-15-18(2)24-25(21)3/h7-8,11-13,15-16H,4-6,9-10,14,17H2,1-3H3,(H,23,26). The largest absolute Gasteiger partial charge is 0.494 e. The van der Waals surface area contributed by atoms with Crippen LogP contribution in [0.15, 0.2) is 42.5 Å². The van der Waals surface area contributed by atoms with Gasteiger partial charge in [0.05, 0.1) is 12.3 Å². The molecule has 5 nitrogen and oxygen atoms in total. The van der Waals surface area contributed by atoms with E-state index in [1.54, 1.807) is 17.8 Å². The Balaban J connectivity index is 1.74. The van der Waals surface area contributed by atoms with E-state index in [0.717, 1.165) is 29.8 Å². The van der Waals surface area contributed by atoms with Crippen molar-refractivity contribution in [2.45, 2.75) is 52.5 Å². The number of benzene rings is 1. The molecular weight excluding hydrogens is 338 g/mol. The quantitative estimate of drug-likeness (QED) is 0.466. The zero-order valence-electron chi connectivity index (χ0n) is 16.7. The van der Waals surface area contributed by atoms with Crippen LogP contribution < -0.4 is 10.1 Å². The monoisotopic (exact) mass is 369 g/mol. The van der Waals surface area contributed by atoms with Gasteiger partial charge in [-0.2, -0.15) is 5.10 Å². The maximum atomic E-state index is 12.3. The summed E-state index contributed by atoms with van der Waals surface area (Å²) in [5.74, 6) is 0.715. The predicted octanol–water partition coefficient (Wildman–Crippen LogP) is 4.56. The van der Waals surface area contributed by atoms with Gasteiger partial charge in [0.1, 0.15) is 11.4 Å². The number of ether oxygens (including phenoxy) is 1. The Bertz CT molecular complexity index is 750. The van der Waals surface area contributed by atoms with Crippen molar-refractivity contribution in [3.8, 4) is 5.75 Å². The van der Waals surface area contributed by atoms with Crippen LogP contribution in [0.5, 0.6) is 5.75 Å². The van der Waals surface area contributed by atoms with Crippen LogP contribution in [0.25, 0.3) is 0 Å². The van der Waals surface area contributed by atoms with E-state index in [4.69, 9.17) is 4.74 Å². The summed E-state index contributed by atoms with van der Waals surface area (Å²) in [6, 6.07) is 9.65. The number of unbranched alkanes of at least 4 members (excludes halogenated alkanes) is 3. The molecule has 0 fully saturated rings. The van der Waals surface area contributed by atoms with Crippen molar-refractivity contribution in [2.75, 3.05) is 6.61 Å². The molecule has 0 spiro atoms. The summed E-state index contributed by atoms with van der Waals surface area (Å²) in [5, 5.41) is 7.13. The number of aromatic nitrogens is 2. The van der Waals surface area contributed by atoms with Crippen molar-refractivity contribution in [1.82, 2.24) is 15.1 Å². The molecule has 1 aromatic carbocycles.